The molecule has 0 spiro atoms. The number of methoxy groups -OCH3 is 1. The van der Waals surface area contributed by atoms with E-state index < -0.39 is 6.04 Å². The van der Waals surface area contributed by atoms with Crippen molar-refractivity contribution < 1.29 is 19.1 Å². The number of carbonyl (C=O) groups excluding carboxylic acids is 2. The number of ether oxygens (including phenoxy) is 2. The molecule has 0 saturated carbocycles. The van der Waals surface area contributed by atoms with Crippen LogP contribution in [0.3, 0.4) is 0 Å². The highest BCUT2D eigenvalue weighted by Crippen LogP contribution is 2.18. The minimum Gasteiger partial charge on any atom is -0.497 e. The minimum absolute atomic E-state index is 0.136. The van der Waals surface area contributed by atoms with Crippen molar-refractivity contribution in [3.05, 3.63) is 59.7 Å². The number of rotatable bonds is 10. The molecule has 2 aromatic rings. The number of aryl methyl sites for hydroxylation is 1. The lowest BCUT2D eigenvalue weighted by Crippen LogP contribution is -2.50. The lowest BCUT2D eigenvalue weighted by Gasteiger charge is -2.30. The lowest BCUT2D eigenvalue weighted by molar-refractivity contribution is -0.142. The number of amides is 2. The number of carbonyl (C=O) groups is 2. The van der Waals surface area contributed by atoms with Gasteiger partial charge in [-0.15, -0.1) is 0 Å². The van der Waals surface area contributed by atoms with E-state index in [1.165, 1.54) is 0 Å². The third kappa shape index (κ3) is 6.52. The van der Waals surface area contributed by atoms with Crippen LogP contribution in [-0.2, 0) is 16.1 Å². The molecule has 0 heterocycles. The van der Waals surface area contributed by atoms with Gasteiger partial charge in [-0.3, -0.25) is 9.59 Å². The van der Waals surface area contributed by atoms with Crippen molar-refractivity contribution in [2.24, 2.45) is 0 Å². The standard InChI is InChI=1S/C23H30N2O4/c1-5-21(23(27)24-6-2)25(15-18-8-7-9-20(14-18)28-4)22(26)16-29-19-12-10-17(3)11-13-19/h7-14,21H,5-6,15-16H2,1-4H3,(H,24,27)/t21-/m1/s1. The summed E-state index contributed by atoms with van der Waals surface area (Å²) in [6.45, 7) is 6.41. The molecule has 1 atom stereocenters. The maximum Gasteiger partial charge on any atom is 0.261 e. The van der Waals surface area contributed by atoms with E-state index >= 15 is 0 Å². The van der Waals surface area contributed by atoms with Gasteiger partial charge in [-0.1, -0.05) is 36.8 Å². The average Bonchev–Trinajstić information content (AvgIpc) is 2.73. The largest absolute Gasteiger partial charge is 0.497 e. The molecule has 0 radical (unpaired) electrons. The zero-order valence-electron chi connectivity index (χ0n) is 17.6. The summed E-state index contributed by atoms with van der Waals surface area (Å²) < 4.78 is 11.0. The Morgan fingerprint density at radius 2 is 1.79 bits per heavy atom. The van der Waals surface area contributed by atoms with Gasteiger partial charge in [0.05, 0.1) is 7.11 Å². The Kier molecular flexibility index (Phi) is 8.52. The minimum atomic E-state index is -0.574. The van der Waals surface area contributed by atoms with Crippen molar-refractivity contribution in [2.75, 3.05) is 20.3 Å². The first-order chi connectivity index (χ1) is 14.0. The molecule has 0 aliphatic carbocycles. The zero-order valence-corrected chi connectivity index (χ0v) is 17.6. The van der Waals surface area contributed by atoms with Gasteiger partial charge < -0.3 is 19.7 Å². The monoisotopic (exact) mass is 398 g/mol. The van der Waals surface area contributed by atoms with Gasteiger partial charge in [-0.05, 0) is 50.1 Å². The first-order valence-corrected chi connectivity index (χ1v) is 9.88. The zero-order chi connectivity index (χ0) is 21.2. The Bertz CT molecular complexity index is 805. The van der Waals surface area contributed by atoms with Crippen molar-refractivity contribution in [1.82, 2.24) is 10.2 Å². The third-order valence-electron chi connectivity index (χ3n) is 4.61. The fourth-order valence-corrected chi connectivity index (χ4v) is 3.04. The Morgan fingerprint density at radius 1 is 1.07 bits per heavy atom. The van der Waals surface area contributed by atoms with E-state index in [0.29, 0.717) is 31.0 Å². The summed E-state index contributed by atoms with van der Waals surface area (Å²) in [5.41, 5.74) is 2.00. The molecule has 2 rings (SSSR count). The molecule has 29 heavy (non-hydrogen) atoms. The first-order valence-electron chi connectivity index (χ1n) is 9.88. The molecule has 0 aliphatic rings. The van der Waals surface area contributed by atoms with Gasteiger partial charge >= 0.3 is 0 Å². The van der Waals surface area contributed by atoms with Crippen LogP contribution in [0.2, 0.25) is 0 Å². The fraction of sp³-hybridized carbons (Fsp3) is 0.391. The highest BCUT2D eigenvalue weighted by molar-refractivity contribution is 5.88. The Balaban J connectivity index is 2.20. The van der Waals surface area contributed by atoms with Gasteiger partial charge in [0.25, 0.3) is 5.91 Å². The molecular weight excluding hydrogens is 368 g/mol. The van der Waals surface area contributed by atoms with E-state index in [-0.39, 0.29) is 18.4 Å². The van der Waals surface area contributed by atoms with Crippen molar-refractivity contribution in [1.29, 1.82) is 0 Å². The van der Waals surface area contributed by atoms with Crippen LogP contribution in [0.25, 0.3) is 0 Å². The second-order valence-corrected chi connectivity index (χ2v) is 6.79. The SMILES string of the molecule is CCNC(=O)[C@@H](CC)N(Cc1cccc(OC)c1)C(=O)COc1ccc(C)cc1. The topological polar surface area (TPSA) is 67.9 Å². The van der Waals surface area contributed by atoms with Crippen LogP contribution in [0.4, 0.5) is 0 Å². The van der Waals surface area contributed by atoms with Crippen LogP contribution in [0.15, 0.2) is 48.5 Å². The average molecular weight is 399 g/mol. The summed E-state index contributed by atoms with van der Waals surface area (Å²) in [5, 5.41) is 2.82. The van der Waals surface area contributed by atoms with Crippen LogP contribution in [0, 0.1) is 6.92 Å². The van der Waals surface area contributed by atoms with Gasteiger partial charge in [0.15, 0.2) is 6.61 Å². The summed E-state index contributed by atoms with van der Waals surface area (Å²) in [7, 11) is 1.60. The summed E-state index contributed by atoms with van der Waals surface area (Å²) in [6.07, 6.45) is 0.506. The number of nitrogens with one attached hydrogen (secondary N) is 1. The molecule has 0 aliphatic heterocycles. The summed E-state index contributed by atoms with van der Waals surface area (Å²) >= 11 is 0. The van der Waals surface area contributed by atoms with E-state index in [2.05, 4.69) is 5.32 Å². The number of nitrogens with zero attached hydrogens (tertiary/aromatic N) is 1. The molecule has 0 saturated heterocycles. The predicted molar refractivity (Wildman–Crippen MR) is 113 cm³/mol. The van der Waals surface area contributed by atoms with E-state index in [4.69, 9.17) is 9.47 Å². The van der Waals surface area contributed by atoms with Gasteiger partial charge in [-0.25, -0.2) is 0 Å². The lowest BCUT2D eigenvalue weighted by atomic mass is 10.1. The van der Waals surface area contributed by atoms with Gasteiger partial charge in [0, 0.05) is 13.1 Å². The van der Waals surface area contributed by atoms with Crippen LogP contribution >= 0.6 is 0 Å². The third-order valence-corrected chi connectivity index (χ3v) is 4.61. The molecule has 2 amide bonds. The Morgan fingerprint density at radius 3 is 2.41 bits per heavy atom. The second kappa shape index (κ2) is 11.1. The predicted octanol–water partition coefficient (Wildman–Crippen LogP) is 3.33. The molecule has 1 N–H and O–H groups in total. The summed E-state index contributed by atoms with van der Waals surface area (Å²) in [5.74, 6) is 0.918. The normalized spacial score (nSPS) is 11.4. The first kappa shape index (κ1) is 22.3. The highest BCUT2D eigenvalue weighted by atomic mass is 16.5. The summed E-state index contributed by atoms with van der Waals surface area (Å²) in [4.78, 5) is 27.2. The number of hydrogen-bond acceptors (Lipinski definition) is 4. The number of likely N-dealkylation sites (N-methyl/N-ethyl adjacent to an activating group) is 1. The van der Waals surface area contributed by atoms with Crippen molar-refractivity contribution in [3.8, 4) is 11.5 Å². The molecule has 2 aromatic carbocycles. The van der Waals surface area contributed by atoms with E-state index in [0.717, 1.165) is 11.1 Å². The summed E-state index contributed by atoms with van der Waals surface area (Å²) in [6, 6.07) is 14.4. The maximum absolute atomic E-state index is 13.0. The molecule has 0 fully saturated rings. The van der Waals surface area contributed by atoms with Gasteiger partial charge in [-0.2, -0.15) is 0 Å². The van der Waals surface area contributed by atoms with E-state index in [1.807, 2.05) is 69.3 Å². The fourth-order valence-electron chi connectivity index (χ4n) is 3.04. The smallest absolute Gasteiger partial charge is 0.261 e. The molecule has 6 nitrogen and oxygen atoms in total. The Labute approximate surface area is 172 Å². The molecular formula is C23H30N2O4. The van der Waals surface area contributed by atoms with Crippen LogP contribution in [0.1, 0.15) is 31.4 Å². The van der Waals surface area contributed by atoms with Crippen molar-refractivity contribution in [2.45, 2.75) is 39.8 Å². The molecule has 156 valence electrons. The molecule has 0 bridgehead atoms. The van der Waals surface area contributed by atoms with Crippen molar-refractivity contribution >= 4 is 11.8 Å². The molecule has 0 unspecified atom stereocenters. The van der Waals surface area contributed by atoms with Gasteiger partial charge in [0.1, 0.15) is 17.5 Å². The number of benzene rings is 2. The Hall–Kier alpha value is -3.02. The van der Waals surface area contributed by atoms with Crippen LogP contribution < -0.4 is 14.8 Å². The molecule has 6 heteroatoms. The van der Waals surface area contributed by atoms with Crippen molar-refractivity contribution in [3.63, 3.8) is 0 Å². The quantitative estimate of drug-likeness (QED) is 0.667. The van der Waals surface area contributed by atoms with Crippen LogP contribution in [-0.4, -0.2) is 43.0 Å². The second-order valence-electron chi connectivity index (χ2n) is 6.79. The maximum atomic E-state index is 13.0. The van der Waals surface area contributed by atoms with Gasteiger partial charge in [0.2, 0.25) is 5.91 Å². The van der Waals surface area contributed by atoms with Crippen LogP contribution in [0.5, 0.6) is 11.5 Å². The number of hydrogen-bond donors (Lipinski definition) is 1. The van der Waals surface area contributed by atoms with E-state index in [1.54, 1.807) is 12.0 Å². The van der Waals surface area contributed by atoms with E-state index in [9.17, 15) is 9.59 Å². The highest BCUT2D eigenvalue weighted by Gasteiger charge is 2.28. The molecule has 0 aromatic heterocycles.